The van der Waals surface area contributed by atoms with Gasteiger partial charge in [0.05, 0.1) is 11.4 Å². The van der Waals surface area contributed by atoms with Crippen molar-refractivity contribution in [3.8, 4) is 11.3 Å². The number of nitrogens with zero attached hydrogens (tertiary/aromatic N) is 3. The molecule has 0 amide bonds. The molecule has 2 aromatic heterocycles. The zero-order valence-corrected chi connectivity index (χ0v) is 15.3. The van der Waals surface area contributed by atoms with E-state index in [0.717, 1.165) is 40.4 Å². The van der Waals surface area contributed by atoms with Crippen LogP contribution in [0.1, 0.15) is 30.8 Å². The molecule has 2 heterocycles. The topological polar surface area (TPSA) is 94.3 Å². The smallest absolute Gasteiger partial charge is 0.130 e. The first kappa shape index (κ1) is 18.3. The summed E-state index contributed by atoms with van der Waals surface area (Å²) < 4.78 is 0. The first-order valence-corrected chi connectivity index (χ1v) is 8.68. The molecule has 0 radical (unpaired) electrons. The van der Waals surface area contributed by atoms with Crippen molar-refractivity contribution in [2.24, 2.45) is 5.16 Å². The van der Waals surface area contributed by atoms with Gasteiger partial charge in [-0.05, 0) is 43.7 Å². The predicted octanol–water partition coefficient (Wildman–Crippen LogP) is 4.65. The largest absolute Gasteiger partial charge is 0.411 e. The summed E-state index contributed by atoms with van der Waals surface area (Å²) in [5, 5.41) is 23.2. The molecule has 0 spiro atoms. The number of hydrogen-bond acceptors (Lipinski definition) is 6. The van der Waals surface area contributed by atoms with Gasteiger partial charge in [-0.15, -0.1) is 0 Å². The summed E-state index contributed by atoms with van der Waals surface area (Å²) in [5.41, 5.74) is 5.24. The van der Waals surface area contributed by atoms with Crippen molar-refractivity contribution in [2.75, 3.05) is 5.32 Å². The van der Waals surface area contributed by atoms with Gasteiger partial charge in [-0.3, -0.25) is 0 Å². The van der Waals surface area contributed by atoms with Crippen molar-refractivity contribution >= 4 is 23.4 Å². The Hall–Kier alpha value is -3.54. The van der Waals surface area contributed by atoms with E-state index in [-0.39, 0.29) is 0 Å². The van der Waals surface area contributed by atoms with E-state index in [4.69, 9.17) is 10.6 Å². The normalized spacial score (nSPS) is 11.3. The summed E-state index contributed by atoms with van der Waals surface area (Å²) in [6.45, 7) is 3.76. The molecule has 27 heavy (non-hydrogen) atoms. The molecule has 3 rings (SSSR count). The van der Waals surface area contributed by atoms with Crippen LogP contribution in [0.4, 0.5) is 11.5 Å². The second kappa shape index (κ2) is 8.23. The quantitative estimate of drug-likeness (QED) is 0.339. The first-order chi connectivity index (χ1) is 13.1. The van der Waals surface area contributed by atoms with E-state index in [0.29, 0.717) is 11.4 Å². The Morgan fingerprint density at radius 3 is 2.70 bits per heavy atom. The fourth-order valence-corrected chi connectivity index (χ4v) is 2.68. The summed E-state index contributed by atoms with van der Waals surface area (Å²) in [5.74, 6) is 0.736. The third-order valence-corrected chi connectivity index (χ3v) is 4.21. The molecule has 0 saturated heterocycles. The van der Waals surface area contributed by atoms with Crippen LogP contribution < -0.4 is 5.32 Å². The Kier molecular flexibility index (Phi) is 5.56. The molecule has 0 aliphatic carbocycles. The molecule has 0 fully saturated rings. The van der Waals surface area contributed by atoms with Crippen LogP contribution in [0, 0.1) is 5.41 Å². The van der Waals surface area contributed by atoms with Gasteiger partial charge in [0.15, 0.2) is 0 Å². The molecule has 136 valence electrons. The van der Waals surface area contributed by atoms with Gasteiger partial charge in [0.25, 0.3) is 0 Å². The Bertz CT molecular complexity index is 997. The standard InChI is InChI=1S/C21H21N5O/c1-3-17-6-4-9-21(23-17)25-20-12-15(10-11-16(20)13-22)19-8-5-7-18(24-19)14(2)26-27/h4-13,22,27H,3H2,1-2H3,(H,23,25)/b22-13?,26-14+. The highest BCUT2D eigenvalue weighted by molar-refractivity contribution is 5.97. The molecular weight excluding hydrogens is 338 g/mol. The van der Waals surface area contributed by atoms with Crippen LogP contribution in [0.2, 0.25) is 0 Å². The van der Waals surface area contributed by atoms with E-state index in [1.807, 2.05) is 48.5 Å². The zero-order chi connectivity index (χ0) is 19.2. The lowest BCUT2D eigenvalue weighted by molar-refractivity contribution is 0.319. The molecule has 0 aliphatic heterocycles. The van der Waals surface area contributed by atoms with E-state index >= 15 is 0 Å². The summed E-state index contributed by atoms with van der Waals surface area (Å²) >= 11 is 0. The van der Waals surface area contributed by atoms with Crippen LogP contribution in [0.5, 0.6) is 0 Å². The van der Waals surface area contributed by atoms with Gasteiger partial charge in [0, 0.05) is 28.7 Å². The van der Waals surface area contributed by atoms with E-state index in [2.05, 4.69) is 27.4 Å². The highest BCUT2D eigenvalue weighted by Crippen LogP contribution is 2.26. The zero-order valence-electron chi connectivity index (χ0n) is 15.3. The van der Waals surface area contributed by atoms with Crippen molar-refractivity contribution < 1.29 is 5.21 Å². The highest BCUT2D eigenvalue weighted by Gasteiger charge is 2.08. The van der Waals surface area contributed by atoms with Crippen LogP contribution >= 0.6 is 0 Å². The van der Waals surface area contributed by atoms with Crippen LogP contribution in [0.15, 0.2) is 59.8 Å². The second-order valence-electron chi connectivity index (χ2n) is 6.03. The molecule has 0 atom stereocenters. The molecule has 3 N–H and O–H groups in total. The molecular formula is C21H21N5O. The lowest BCUT2D eigenvalue weighted by Gasteiger charge is -2.12. The molecule has 3 aromatic rings. The monoisotopic (exact) mass is 359 g/mol. The Morgan fingerprint density at radius 2 is 1.96 bits per heavy atom. The molecule has 1 aromatic carbocycles. The minimum absolute atomic E-state index is 0.451. The van der Waals surface area contributed by atoms with Crippen molar-refractivity contribution in [3.63, 3.8) is 0 Å². The van der Waals surface area contributed by atoms with Gasteiger partial charge in [0.1, 0.15) is 11.5 Å². The maximum absolute atomic E-state index is 8.97. The maximum Gasteiger partial charge on any atom is 0.130 e. The van der Waals surface area contributed by atoms with Crippen molar-refractivity contribution in [1.82, 2.24) is 9.97 Å². The van der Waals surface area contributed by atoms with E-state index in [1.54, 1.807) is 13.0 Å². The molecule has 0 aliphatic rings. The highest BCUT2D eigenvalue weighted by atomic mass is 16.4. The number of oxime groups is 1. The maximum atomic E-state index is 8.97. The van der Waals surface area contributed by atoms with Crippen LogP contribution in [0.3, 0.4) is 0 Å². The number of nitrogens with one attached hydrogen (secondary N) is 2. The number of pyridine rings is 2. The fraction of sp³-hybridized carbons (Fsp3) is 0.143. The number of aromatic nitrogens is 2. The second-order valence-corrected chi connectivity index (χ2v) is 6.03. The molecule has 0 bridgehead atoms. The lowest BCUT2D eigenvalue weighted by Crippen LogP contribution is -2.01. The minimum atomic E-state index is 0.451. The predicted molar refractivity (Wildman–Crippen MR) is 108 cm³/mol. The Labute approximate surface area is 158 Å². The van der Waals surface area contributed by atoms with Crippen LogP contribution in [-0.2, 0) is 6.42 Å². The molecule has 0 saturated carbocycles. The number of rotatable bonds is 6. The van der Waals surface area contributed by atoms with Gasteiger partial charge in [-0.1, -0.05) is 36.3 Å². The summed E-state index contributed by atoms with van der Waals surface area (Å²) in [4.78, 5) is 9.12. The lowest BCUT2D eigenvalue weighted by atomic mass is 10.1. The van der Waals surface area contributed by atoms with Crippen molar-refractivity contribution in [2.45, 2.75) is 20.3 Å². The van der Waals surface area contributed by atoms with Gasteiger partial charge in [0.2, 0.25) is 0 Å². The Balaban J connectivity index is 2.00. The third kappa shape index (κ3) is 4.17. The van der Waals surface area contributed by atoms with Gasteiger partial charge < -0.3 is 15.9 Å². The average Bonchev–Trinajstić information content (AvgIpc) is 2.73. The van der Waals surface area contributed by atoms with Crippen LogP contribution in [0.25, 0.3) is 11.3 Å². The van der Waals surface area contributed by atoms with E-state index < -0.39 is 0 Å². The Morgan fingerprint density at radius 1 is 1.15 bits per heavy atom. The van der Waals surface area contributed by atoms with Crippen LogP contribution in [-0.4, -0.2) is 27.1 Å². The number of hydrogen-bond donors (Lipinski definition) is 3. The molecule has 6 nitrogen and oxygen atoms in total. The number of benzene rings is 1. The number of aryl methyl sites for hydroxylation is 1. The number of anilines is 2. The van der Waals surface area contributed by atoms with E-state index in [1.165, 1.54) is 6.21 Å². The minimum Gasteiger partial charge on any atom is -0.411 e. The van der Waals surface area contributed by atoms with Gasteiger partial charge >= 0.3 is 0 Å². The average molecular weight is 359 g/mol. The summed E-state index contributed by atoms with van der Waals surface area (Å²) in [7, 11) is 0. The molecule has 6 heteroatoms. The van der Waals surface area contributed by atoms with Gasteiger partial charge in [-0.25, -0.2) is 9.97 Å². The summed E-state index contributed by atoms with van der Waals surface area (Å²) in [6.07, 6.45) is 2.16. The fourth-order valence-electron chi connectivity index (χ4n) is 2.68. The SMILES string of the molecule is CCc1cccc(Nc2cc(-c3cccc(/C(C)=N/O)n3)ccc2C=N)n1. The van der Waals surface area contributed by atoms with E-state index in [9.17, 15) is 0 Å². The van der Waals surface area contributed by atoms with Crippen molar-refractivity contribution in [3.05, 3.63) is 71.5 Å². The third-order valence-electron chi connectivity index (χ3n) is 4.21. The van der Waals surface area contributed by atoms with Crippen molar-refractivity contribution in [1.29, 1.82) is 5.41 Å². The van der Waals surface area contributed by atoms with Gasteiger partial charge in [-0.2, -0.15) is 0 Å². The first-order valence-electron chi connectivity index (χ1n) is 8.68. The summed E-state index contributed by atoms with van der Waals surface area (Å²) in [6, 6.07) is 17.1. The molecule has 0 unspecified atom stereocenters.